The van der Waals surface area contributed by atoms with Crippen LogP contribution >= 0.6 is 27.3 Å². The molecular weight excluding hydrogens is 336 g/mol. The number of hydrogen-bond donors (Lipinski definition) is 1. The summed E-state index contributed by atoms with van der Waals surface area (Å²) in [5.41, 5.74) is 0.884. The Balaban J connectivity index is 1.82. The lowest BCUT2D eigenvalue weighted by Gasteiger charge is -2.05. The van der Waals surface area contributed by atoms with Crippen molar-refractivity contribution in [2.75, 3.05) is 13.1 Å². The fraction of sp³-hybridized carbons (Fsp3) is 0.500. The Morgan fingerprint density at radius 1 is 1.30 bits per heavy atom. The summed E-state index contributed by atoms with van der Waals surface area (Å²) in [4.78, 5) is 4.34. The van der Waals surface area contributed by atoms with Crippen LogP contribution in [0, 0.1) is 5.92 Å². The highest BCUT2D eigenvalue weighted by atomic mass is 79.9. The number of aryl methyl sites for hydroxylation is 1. The molecule has 0 radical (unpaired) electrons. The number of nitrogens with zero attached hydrogens (tertiary/aromatic N) is 3. The molecule has 4 nitrogen and oxygen atoms in total. The lowest BCUT2D eigenvalue weighted by molar-refractivity contribution is 0.542. The summed E-state index contributed by atoms with van der Waals surface area (Å²) < 4.78 is 0.974. The predicted molar refractivity (Wildman–Crippen MR) is 86.9 cm³/mol. The molecule has 2 heterocycles. The highest BCUT2D eigenvalue weighted by Gasteiger charge is 2.07. The second-order valence-electron chi connectivity index (χ2n) is 5.06. The highest BCUT2D eigenvalue weighted by Crippen LogP contribution is 2.23. The van der Waals surface area contributed by atoms with Crippen molar-refractivity contribution in [3.8, 4) is 10.7 Å². The van der Waals surface area contributed by atoms with Crippen molar-refractivity contribution in [2.24, 2.45) is 5.92 Å². The Kier molecular flexibility index (Phi) is 6.06. The Labute approximate surface area is 132 Å². The van der Waals surface area contributed by atoms with Crippen LogP contribution in [0.3, 0.4) is 0 Å². The summed E-state index contributed by atoms with van der Waals surface area (Å²) in [6, 6.07) is 3.93. The molecule has 0 bridgehead atoms. The van der Waals surface area contributed by atoms with Crippen molar-refractivity contribution in [2.45, 2.75) is 26.7 Å². The van der Waals surface area contributed by atoms with Crippen molar-refractivity contribution < 1.29 is 0 Å². The van der Waals surface area contributed by atoms with E-state index in [1.54, 1.807) is 17.5 Å². The van der Waals surface area contributed by atoms with Crippen molar-refractivity contribution in [1.82, 2.24) is 20.5 Å². The van der Waals surface area contributed by atoms with E-state index in [2.05, 4.69) is 50.3 Å². The van der Waals surface area contributed by atoms with Gasteiger partial charge in [0.15, 0.2) is 5.01 Å². The molecule has 0 unspecified atom stereocenters. The summed E-state index contributed by atoms with van der Waals surface area (Å²) in [7, 11) is 0. The average Bonchev–Trinajstić information content (AvgIpc) is 2.87. The van der Waals surface area contributed by atoms with Gasteiger partial charge in [0.05, 0.1) is 0 Å². The Morgan fingerprint density at radius 3 is 2.85 bits per heavy atom. The minimum atomic E-state index is 0.701. The fourth-order valence-electron chi connectivity index (χ4n) is 1.72. The van der Waals surface area contributed by atoms with Gasteiger partial charge in [-0.05, 0) is 53.5 Å². The number of aromatic nitrogens is 3. The zero-order chi connectivity index (χ0) is 14.4. The first-order valence-electron chi connectivity index (χ1n) is 6.80. The summed E-state index contributed by atoms with van der Waals surface area (Å²) in [5, 5.41) is 13.9. The molecule has 1 N–H and O–H groups in total. The second-order valence-corrected chi connectivity index (χ2v) is 7.04. The third-order valence-corrected chi connectivity index (χ3v) is 4.18. The van der Waals surface area contributed by atoms with E-state index in [4.69, 9.17) is 0 Å². The molecule has 2 aromatic heterocycles. The van der Waals surface area contributed by atoms with Crippen molar-refractivity contribution in [1.29, 1.82) is 0 Å². The topological polar surface area (TPSA) is 50.7 Å². The molecule has 20 heavy (non-hydrogen) atoms. The molecule has 0 atom stereocenters. The quantitative estimate of drug-likeness (QED) is 0.772. The standard InChI is InChI=1S/C14H19BrN4S/c1-10(2)8-16-7-3-4-13-18-19-14(20-13)12-6-5-11(15)9-17-12/h5-6,9-10,16H,3-4,7-8H2,1-2H3. The Bertz CT molecular complexity index is 524. The molecule has 0 amide bonds. The van der Waals surface area contributed by atoms with Gasteiger partial charge in [-0.2, -0.15) is 0 Å². The Hall–Kier alpha value is -0.850. The zero-order valence-electron chi connectivity index (χ0n) is 11.8. The van der Waals surface area contributed by atoms with Gasteiger partial charge in [0.25, 0.3) is 0 Å². The molecule has 6 heteroatoms. The fourth-order valence-corrected chi connectivity index (χ4v) is 2.81. The number of pyridine rings is 1. The molecule has 2 rings (SSSR count). The molecule has 0 fully saturated rings. The molecule has 0 aromatic carbocycles. The van der Waals surface area contributed by atoms with E-state index in [0.29, 0.717) is 5.92 Å². The number of nitrogens with one attached hydrogen (secondary N) is 1. The van der Waals surface area contributed by atoms with Gasteiger partial charge < -0.3 is 5.32 Å². The molecule has 0 aliphatic heterocycles. The maximum Gasteiger partial charge on any atom is 0.166 e. The van der Waals surface area contributed by atoms with Crippen LogP contribution in [0.4, 0.5) is 0 Å². The van der Waals surface area contributed by atoms with Gasteiger partial charge in [-0.15, -0.1) is 10.2 Å². The van der Waals surface area contributed by atoms with Gasteiger partial charge in [-0.1, -0.05) is 25.2 Å². The smallest absolute Gasteiger partial charge is 0.166 e. The third-order valence-electron chi connectivity index (χ3n) is 2.71. The van der Waals surface area contributed by atoms with E-state index >= 15 is 0 Å². The van der Waals surface area contributed by atoms with Crippen LogP contribution < -0.4 is 5.32 Å². The molecule has 0 aliphatic carbocycles. The van der Waals surface area contributed by atoms with E-state index in [1.165, 1.54) is 0 Å². The number of hydrogen-bond acceptors (Lipinski definition) is 5. The van der Waals surface area contributed by atoms with E-state index in [1.807, 2.05) is 12.1 Å². The number of halogens is 1. The van der Waals surface area contributed by atoms with Gasteiger partial charge in [0, 0.05) is 17.1 Å². The SMILES string of the molecule is CC(C)CNCCCc1nnc(-c2ccc(Br)cn2)s1. The van der Waals surface area contributed by atoms with Crippen molar-refractivity contribution >= 4 is 27.3 Å². The normalized spacial score (nSPS) is 11.2. The first kappa shape index (κ1) is 15.5. The minimum Gasteiger partial charge on any atom is -0.316 e. The first-order valence-corrected chi connectivity index (χ1v) is 8.41. The van der Waals surface area contributed by atoms with E-state index in [0.717, 1.165) is 46.1 Å². The molecule has 0 spiro atoms. The lowest BCUT2D eigenvalue weighted by atomic mass is 10.2. The van der Waals surface area contributed by atoms with Crippen molar-refractivity contribution in [3.05, 3.63) is 27.8 Å². The monoisotopic (exact) mass is 354 g/mol. The number of rotatable bonds is 7. The van der Waals surface area contributed by atoms with Crippen LogP contribution in [0.25, 0.3) is 10.7 Å². The van der Waals surface area contributed by atoms with Crippen LogP contribution in [0.2, 0.25) is 0 Å². The maximum atomic E-state index is 4.34. The molecule has 0 saturated heterocycles. The maximum absolute atomic E-state index is 4.34. The van der Waals surface area contributed by atoms with Gasteiger partial charge in [0.1, 0.15) is 10.7 Å². The van der Waals surface area contributed by atoms with Crippen LogP contribution in [0.1, 0.15) is 25.3 Å². The van der Waals surface area contributed by atoms with E-state index < -0.39 is 0 Å². The average molecular weight is 355 g/mol. The van der Waals surface area contributed by atoms with Crippen LogP contribution in [-0.4, -0.2) is 28.3 Å². The molecular formula is C14H19BrN4S. The molecule has 108 valence electrons. The summed E-state index contributed by atoms with van der Waals surface area (Å²) in [6.45, 7) is 6.54. The van der Waals surface area contributed by atoms with Gasteiger partial charge >= 0.3 is 0 Å². The van der Waals surface area contributed by atoms with Gasteiger partial charge in [-0.3, -0.25) is 4.98 Å². The third kappa shape index (κ3) is 4.92. The summed E-state index contributed by atoms with van der Waals surface area (Å²) in [5.74, 6) is 0.701. The first-order chi connectivity index (χ1) is 9.65. The molecule has 2 aromatic rings. The van der Waals surface area contributed by atoms with Crippen LogP contribution in [0.15, 0.2) is 22.8 Å². The van der Waals surface area contributed by atoms with E-state index in [9.17, 15) is 0 Å². The van der Waals surface area contributed by atoms with Crippen molar-refractivity contribution in [3.63, 3.8) is 0 Å². The summed E-state index contributed by atoms with van der Waals surface area (Å²) >= 11 is 5.01. The van der Waals surface area contributed by atoms with Gasteiger partial charge in [-0.25, -0.2) is 0 Å². The van der Waals surface area contributed by atoms with Gasteiger partial charge in [0.2, 0.25) is 0 Å². The molecule has 0 saturated carbocycles. The zero-order valence-corrected chi connectivity index (χ0v) is 14.2. The summed E-state index contributed by atoms with van der Waals surface area (Å²) in [6.07, 6.45) is 3.85. The second kappa shape index (κ2) is 7.81. The largest absolute Gasteiger partial charge is 0.316 e. The lowest BCUT2D eigenvalue weighted by Crippen LogP contribution is -2.21. The van der Waals surface area contributed by atoms with Crippen LogP contribution in [-0.2, 0) is 6.42 Å². The molecule has 0 aliphatic rings. The highest BCUT2D eigenvalue weighted by molar-refractivity contribution is 9.10. The van der Waals surface area contributed by atoms with Crippen LogP contribution in [0.5, 0.6) is 0 Å². The minimum absolute atomic E-state index is 0.701. The predicted octanol–water partition coefficient (Wildman–Crippen LogP) is 3.54. The van der Waals surface area contributed by atoms with E-state index in [-0.39, 0.29) is 0 Å². The Morgan fingerprint density at radius 2 is 2.15 bits per heavy atom.